The van der Waals surface area contributed by atoms with Crippen LogP contribution in [0.15, 0.2) is 133 Å². The normalized spacial score (nSPS) is 21.2. The number of anilines is 3. The van der Waals surface area contributed by atoms with Gasteiger partial charge in [0.15, 0.2) is 0 Å². The first kappa shape index (κ1) is 33.1. The lowest BCUT2D eigenvalue weighted by Crippen LogP contribution is -2.36. The number of allylic oxidation sites excluding steroid dienone is 4. The Morgan fingerprint density at radius 1 is 0.745 bits per heavy atom. The lowest BCUT2D eigenvalue weighted by molar-refractivity contribution is 0.588. The third-order valence-electron chi connectivity index (χ3n) is 11.3. The Balaban J connectivity index is 1.37. The van der Waals surface area contributed by atoms with Crippen LogP contribution in [0, 0.1) is 6.92 Å². The quantitative estimate of drug-likeness (QED) is 0.144. The van der Waals surface area contributed by atoms with Gasteiger partial charge in [0.2, 0.25) is 0 Å². The van der Waals surface area contributed by atoms with Gasteiger partial charge in [-0.15, -0.1) is 0 Å². The van der Waals surface area contributed by atoms with Crippen molar-refractivity contribution in [3.05, 3.63) is 172 Å². The SMILES string of the molecule is BCC1/C=C(c2ccccc2C(C)(C)C)\C=C/c2c(cc(C)cc2-c2cccc3c2Nc2ccccc2C3(C2=CCCCC2)c2ccccc2)N1. The average molecular weight is 665 g/mol. The zero-order chi connectivity index (χ0) is 35.2. The number of rotatable bonds is 5. The zero-order valence-electron chi connectivity index (χ0n) is 30.8. The Bertz CT molecular complexity index is 2200. The lowest BCUT2D eigenvalue weighted by Gasteiger charge is -2.45. The molecule has 5 aromatic carbocycles. The second kappa shape index (κ2) is 13.3. The van der Waals surface area contributed by atoms with Gasteiger partial charge in [-0.2, -0.15) is 0 Å². The van der Waals surface area contributed by atoms with E-state index in [-0.39, 0.29) is 16.9 Å². The van der Waals surface area contributed by atoms with Crippen molar-refractivity contribution in [3.63, 3.8) is 0 Å². The average Bonchev–Trinajstić information content (AvgIpc) is 3.14. The fourth-order valence-electron chi connectivity index (χ4n) is 8.93. The van der Waals surface area contributed by atoms with Gasteiger partial charge in [0.25, 0.3) is 0 Å². The lowest BCUT2D eigenvalue weighted by atomic mass is 9.60. The van der Waals surface area contributed by atoms with Crippen LogP contribution >= 0.6 is 0 Å². The minimum absolute atomic E-state index is 0.0348. The van der Waals surface area contributed by atoms with Crippen LogP contribution in [-0.2, 0) is 10.8 Å². The molecule has 2 heterocycles. The van der Waals surface area contributed by atoms with E-state index in [1.54, 1.807) is 0 Å². The molecule has 0 saturated carbocycles. The molecule has 3 heteroatoms. The predicted octanol–water partition coefficient (Wildman–Crippen LogP) is 11.8. The fraction of sp³-hybridized carbons (Fsp3) is 0.250. The van der Waals surface area contributed by atoms with Gasteiger partial charge in [-0.3, -0.25) is 0 Å². The Labute approximate surface area is 305 Å². The van der Waals surface area contributed by atoms with Crippen LogP contribution in [0.1, 0.15) is 85.4 Å². The van der Waals surface area contributed by atoms with E-state index in [1.807, 2.05) is 0 Å². The monoisotopic (exact) mass is 664 g/mol. The molecule has 5 aromatic rings. The number of aryl methyl sites for hydroxylation is 1. The van der Waals surface area contributed by atoms with Crippen LogP contribution in [0.3, 0.4) is 0 Å². The molecule has 0 aromatic heterocycles. The van der Waals surface area contributed by atoms with Gasteiger partial charge >= 0.3 is 0 Å². The van der Waals surface area contributed by atoms with Crippen LogP contribution in [0.5, 0.6) is 0 Å². The molecule has 0 amide bonds. The van der Waals surface area contributed by atoms with Crippen molar-refractivity contribution in [2.45, 2.75) is 76.6 Å². The van der Waals surface area contributed by atoms with Crippen LogP contribution in [0.2, 0.25) is 6.32 Å². The summed E-state index contributed by atoms with van der Waals surface area (Å²) < 4.78 is 0. The molecule has 8 rings (SSSR count). The Kier molecular flexibility index (Phi) is 8.62. The maximum Gasteiger partial charge on any atom is 0.104 e. The Hall–Kier alpha value is -5.02. The van der Waals surface area contributed by atoms with Crippen molar-refractivity contribution >= 4 is 36.6 Å². The summed E-state index contributed by atoms with van der Waals surface area (Å²) in [6.07, 6.45) is 15.4. The van der Waals surface area contributed by atoms with Crippen molar-refractivity contribution < 1.29 is 0 Å². The number of fused-ring (bicyclic) bond motifs is 3. The molecule has 2 atom stereocenters. The first-order valence-corrected chi connectivity index (χ1v) is 19.0. The van der Waals surface area contributed by atoms with E-state index in [0.717, 1.165) is 19.2 Å². The Morgan fingerprint density at radius 2 is 1.49 bits per heavy atom. The van der Waals surface area contributed by atoms with E-state index in [2.05, 4.69) is 180 Å². The maximum absolute atomic E-state index is 4.02. The highest BCUT2D eigenvalue weighted by molar-refractivity contribution is 6.09. The number of hydrogen-bond donors (Lipinski definition) is 2. The standard InChI is InChI=1S/C48H49BN2/c1-32-28-40(38-27-26-33(30-36(31-49)50-45(38)29-32)37-20-11-12-22-41(37)47(2,3)4)39-21-15-24-43-46(39)51-44-25-14-13-23-42(44)48(43,34-16-7-5-8-17-34)35-18-9-6-10-19-35/h5,7-8,11-18,20-30,36,50-51H,6,9-10,19,31,49H2,1-4H3/b27-26-,33-30+. The highest BCUT2D eigenvalue weighted by atomic mass is 14.9. The summed E-state index contributed by atoms with van der Waals surface area (Å²) in [5, 5.41) is 8.01. The first-order chi connectivity index (χ1) is 24.8. The highest BCUT2D eigenvalue weighted by Gasteiger charge is 2.46. The topological polar surface area (TPSA) is 24.1 Å². The summed E-state index contributed by atoms with van der Waals surface area (Å²) in [5.74, 6) is 0. The number of benzene rings is 5. The predicted molar refractivity (Wildman–Crippen MR) is 222 cm³/mol. The smallest absolute Gasteiger partial charge is 0.104 e. The van der Waals surface area contributed by atoms with Crippen molar-refractivity contribution in [1.82, 2.24) is 0 Å². The van der Waals surface area contributed by atoms with Crippen molar-refractivity contribution in [3.8, 4) is 11.1 Å². The molecule has 2 nitrogen and oxygen atoms in total. The molecule has 2 N–H and O–H groups in total. The van der Waals surface area contributed by atoms with Gasteiger partial charge in [-0.05, 0) is 94.7 Å². The van der Waals surface area contributed by atoms with Gasteiger partial charge < -0.3 is 10.6 Å². The van der Waals surface area contributed by atoms with Crippen molar-refractivity contribution in [2.24, 2.45) is 0 Å². The molecule has 2 aliphatic heterocycles. The van der Waals surface area contributed by atoms with E-state index >= 15 is 0 Å². The highest BCUT2D eigenvalue weighted by Crippen LogP contribution is 2.57. The summed E-state index contributed by atoms with van der Waals surface area (Å²) >= 11 is 0. The molecule has 254 valence electrons. The van der Waals surface area contributed by atoms with E-state index in [9.17, 15) is 0 Å². The van der Waals surface area contributed by atoms with Crippen molar-refractivity contribution in [1.29, 1.82) is 0 Å². The van der Waals surface area contributed by atoms with Crippen LogP contribution in [-0.4, -0.2) is 13.9 Å². The summed E-state index contributed by atoms with van der Waals surface area (Å²) in [6, 6.07) is 41.1. The summed E-state index contributed by atoms with van der Waals surface area (Å²) in [5.41, 5.74) is 17.7. The summed E-state index contributed by atoms with van der Waals surface area (Å²) in [4.78, 5) is 0. The van der Waals surface area contributed by atoms with Gasteiger partial charge in [0.05, 0.1) is 11.1 Å². The zero-order valence-corrected chi connectivity index (χ0v) is 30.8. The number of hydrogen-bond acceptors (Lipinski definition) is 2. The first-order valence-electron chi connectivity index (χ1n) is 19.0. The summed E-state index contributed by atoms with van der Waals surface area (Å²) in [6.45, 7) is 9.17. The van der Waals surface area contributed by atoms with Gasteiger partial charge in [-0.25, -0.2) is 0 Å². The minimum atomic E-state index is -0.374. The van der Waals surface area contributed by atoms with Crippen LogP contribution in [0.4, 0.5) is 17.1 Å². The van der Waals surface area contributed by atoms with E-state index in [0.29, 0.717) is 0 Å². The molecule has 1 aliphatic carbocycles. The molecule has 0 radical (unpaired) electrons. The Morgan fingerprint density at radius 3 is 2.27 bits per heavy atom. The molecule has 2 unspecified atom stereocenters. The molecular formula is C48H49BN2. The van der Waals surface area contributed by atoms with Gasteiger partial charge in [-0.1, -0.05) is 154 Å². The van der Waals surface area contributed by atoms with E-state index < -0.39 is 0 Å². The van der Waals surface area contributed by atoms with Crippen LogP contribution < -0.4 is 10.6 Å². The third kappa shape index (κ3) is 5.77. The molecule has 3 aliphatic rings. The van der Waals surface area contributed by atoms with Gasteiger partial charge in [0, 0.05) is 28.5 Å². The third-order valence-corrected chi connectivity index (χ3v) is 11.3. The second-order valence-corrected chi connectivity index (χ2v) is 15.7. The summed E-state index contributed by atoms with van der Waals surface area (Å²) in [7, 11) is 2.28. The molecule has 0 saturated heterocycles. The molecule has 0 spiro atoms. The van der Waals surface area contributed by atoms with E-state index in [1.165, 1.54) is 91.1 Å². The second-order valence-electron chi connectivity index (χ2n) is 15.7. The fourth-order valence-corrected chi connectivity index (χ4v) is 8.93. The molecule has 0 bridgehead atoms. The number of para-hydroxylation sites is 2. The number of nitrogens with one attached hydrogen (secondary N) is 2. The largest absolute Gasteiger partial charge is 0.379 e. The van der Waals surface area contributed by atoms with E-state index in [4.69, 9.17) is 0 Å². The molecule has 51 heavy (non-hydrogen) atoms. The van der Waals surface area contributed by atoms with Gasteiger partial charge in [0.1, 0.15) is 7.85 Å². The molecule has 0 fully saturated rings. The minimum Gasteiger partial charge on any atom is -0.379 e. The maximum atomic E-state index is 4.02. The van der Waals surface area contributed by atoms with Crippen LogP contribution in [0.25, 0.3) is 22.8 Å². The van der Waals surface area contributed by atoms with Crippen molar-refractivity contribution in [2.75, 3.05) is 10.6 Å². The molecular weight excluding hydrogens is 615 g/mol.